The molecule has 0 saturated carbocycles. The molecule has 96 valence electrons. The van der Waals surface area contributed by atoms with Crippen LogP contribution < -0.4 is 0 Å². The molecule has 0 aliphatic carbocycles. The number of hydrogen-bond acceptors (Lipinski definition) is 2. The van der Waals surface area contributed by atoms with E-state index in [1.54, 1.807) is 6.07 Å². The number of benzene rings is 1. The highest BCUT2D eigenvalue weighted by atomic mass is 35.5. The van der Waals surface area contributed by atoms with Crippen LogP contribution >= 0.6 is 35.6 Å². The third-order valence-corrected chi connectivity index (χ3v) is 3.40. The minimum absolute atomic E-state index is 0. The van der Waals surface area contributed by atoms with Gasteiger partial charge in [0, 0.05) is 29.7 Å². The summed E-state index contributed by atoms with van der Waals surface area (Å²) in [6.45, 7) is 4.75. The van der Waals surface area contributed by atoms with Crippen LogP contribution in [0.5, 0.6) is 0 Å². The Morgan fingerprint density at radius 2 is 1.88 bits per heavy atom. The molecule has 1 fully saturated rings. The maximum atomic E-state index is 6.12. The number of halogens is 3. The molecule has 0 radical (unpaired) electrons. The maximum absolute atomic E-state index is 6.12. The zero-order chi connectivity index (χ0) is 11.4. The van der Waals surface area contributed by atoms with Gasteiger partial charge < -0.3 is 4.74 Å². The molecule has 1 heterocycles. The monoisotopic (exact) mass is 295 g/mol. The molecule has 1 aliphatic rings. The lowest BCUT2D eigenvalue weighted by Crippen LogP contribution is -2.37. The Hall–Kier alpha value is 0.01000. The first-order chi connectivity index (χ1) is 7.75. The molecule has 0 amide bonds. The van der Waals surface area contributed by atoms with Crippen LogP contribution in [0.4, 0.5) is 0 Å². The smallest absolute Gasteiger partial charge is 0.0594 e. The maximum Gasteiger partial charge on any atom is 0.0594 e. The molecule has 2 nitrogen and oxygen atoms in total. The highest BCUT2D eigenvalue weighted by Crippen LogP contribution is 2.21. The average Bonchev–Trinajstić information content (AvgIpc) is 2.29. The molecule has 17 heavy (non-hydrogen) atoms. The van der Waals surface area contributed by atoms with E-state index in [2.05, 4.69) is 4.90 Å². The summed E-state index contributed by atoms with van der Waals surface area (Å²) in [5, 5.41) is 1.46. The van der Waals surface area contributed by atoms with E-state index >= 15 is 0 Å². The van der Waals surface area contributed by atoms with Crippen molar-refractivity contribution in [3.8, 4) is 0 Å². The summed E-state index contributed by atoms with van der Waals surface area (Å²) in [6, 6.07) is 5.70. The van der Waals surface area contributed by atoms with Crippen LogP contribution in [0.2, 0.25) is 10.0 Å². The molecule has 0 N–H and O–H groups in total. The Kier molecular flexibility index (Phi) is 6.60. The standard InChI is InChI=1S/C12H15Cl2NO.ClH/c13-11-2-1-10(12(14)9-11)3-4-15-5-7-16-8-6-15;/h1-2,9H,3-8H2;1H. The van der Waals surface area contributed by atoms with Gasteiger partial charge in [-0.25, -0.2) is 0 Å². The fourth-order valence-electron chi connectivity index (χ4n) is 1.83. The molecule has 0 spiro atoms. The molecule has 2 rings (SSSR count). The van der Waals surface area contributed by atoms with Gasteiger partial charge in [-0.1, -0.05) is 29.3 Å². The van der Waals surface area contributed by atoms with Crippen LogP contribution in [0.15, 0.2) is 18.2 Å². The second-order valence-corrected chi connectivity index (χ2v) is 4.78. The van der Waals surface area contributed by atoms with Crippen molar-refractivity contribution in [1.29, 1.82) is 0 Å². The minimum atomic E-state index is 0. The van der Waals surface area contributed by atoms with Crippen molar-refractivity contribution >= 4 is 35.6 Å². The van der Waals surface area contributed by atoms with Crippen LogP contribution in [0, 0.1) is 0 Å². The topological polar surface area (TPSA) is 12.5 Å². The molecule has 1 aliphatic heterocycles. The Morgan fingerprint density at radius 1 is 1.18 bits per heavy atom. The van der Waals surface area contributed by atoms with E-state index in [1.165, 1.54) is 0 Å². The lowest BCUT2D eigenvalue weighted by molar-refractivity contribution is 0.0384. The normalized spacial score (nSPS) is 16.6. The molecule has 0 aromatic heterocycles. The van der Waals surface area contributed by atoms with Gasteiger partial charge in [0.2, 0.25) is 0 Å². The van der Waals surface area contributed by atoms with E-state index in [9.17, 15) is 0 Å². The molecular formula is C12H16Cl3NO. The minimum Gasteiger partial charge on any atom is -0.379 e. The summed E-state index contributed by atoms with van der Waals surface area (Å²) in [4.78, 5) is 2.40. The molecule has 0 unspecified atom stereocenters. The molecule has 0 bridgehead atoms. The third-order valence-electron chi connectivity index (χ3n) is 2.82. The van der Waals surface area contributed by atoms with Gasteiger partial charge in [0.05, 0.1) is 13.2 Å². The van der Waals surface area contributed by atoms with Gasteiger partial charge in [0.25, 0.3) is 0 Å². The molecule has 0 atom stereocenters. The van der Waals surface area contributed by atoms with Gasteiger partial charge in [-0.05, 0) is 24.1 Å². The summed E-state index contributed by atoms with van der Waals surface area (Å²) in [6.07, 6.45) is 0.968. The second-order valence-electron chi connectivity index (χ2n) is 3.94. The molecule has 1 saturated heterocycles. The van der Waals surface area contributed by atoms with Gasteiger partial charge in [-0.2, -0.15) is 0 Å². The summed E-state index contributed by atoms with van der Waals surface area (Å²) >= 11 is 12.0. The SMILES string of the molecule is Cl.Clc1ccc(CCN2CCOCC2)c(Cl)c1. The molecule has 1 aromatic carbocycles. The Morgan fingerprint density at radius 3 is 2.53 bits per heavy atom. The van der Waals surface area contributed by atoms with E-state index in [1.807, 2.05) is 12.1 Å². The third kappa shape index (κ3) is 4.65. The van der Waals surface area contributed by atoms with Crippen LogP contribution in [0.3, 0.4) is 0 Å². The fraction of sp³-hybridized carbons (Fsp3) is 0.500. The molecule has 1 aromatic rings. The number of hydrogen-bond donors (Lipinski definition) is 0. The highest BCUT2D eigenvalue weighted by Gasteiger charge is 2.10. The first-order valence-electron chi connectivity index (χ1n) is 5.50. The average molecular weight is 297 g/mol. The van der Waals surface area contributed by atoms with Crippen molar-refractivity contribution < 1.29 is 4.74 Å². The first-order valence-corrected chi connectivity index (χ1v) is 6.25. The summed E-state index contributed by atoms with van der Waals surface area (Å²) in [5.41, 5.74) is 1.16. The van der Waals surface area contributed by atoms with E-state index in [0.29, 0.717) is 5.02 Å². The zero-order valence-electron chi connectivity index (χ0n) is 9.49. The van der Waals surface area contributed by atoms with Crippen LogP contribution in [-0.4, -0.2) is 37.7 Å². The lowest BCUT2D eigenvalue weighted by atomic mass is 10.1. The fourth-order valence-corrected chi connectivity index (χ4v) is 2.33. The Bertz CT molecular complexity index is 354. The number of rotatable bonds is 3. The predicted octanol–water partition coefficient (Wildman–Crippen LogP) is 3.29. The highest BCUT2D eigenvalue weighted by molar-refractivity contribution is 6.35. The van der Waals surface area contributed by atoms with Crippen molar-refractivity contribution in [1.82, 2.24) is 4.90 Å². The van der Waals surface area contributed by atoms with Gasteiger partial charge in [0.15, 0.2) is 0 Å². The van der Waals surface area contributed by atoms with E-state index < -0.39 is 0 Å². The number of ether oxygens (including phenoxy) is 1. The molecule has 5 heteroatoms. The van der Waals surface area contributed by atoms with E-state index in [4.69, 9.17) is 27.9 Å². The van der Waals surface area contributed by atoms with Crippen LogP contribution in [0.1, 0.15) is 5.56 Å². The van der Waals surface area contributed by atoms with Crippen molar-refractivity contribution in [2.45, 2.75) is 6.42 Å². The number of nitrogens with zero attached hydrogens (tertiary/aromatic N) is 1. The quantitative estimate of drug-likeness (QED) is 0.849. The zero-order valence-corrected chi connectivity index (χ0v) is 11.8. The van der Waals surface area contributed by atoms with E-state index in [0.717, 1.165) is 49.9 Å². The lowest BCUT2D eigenvalue weighted by Gasteiger charge is -2.26. The summed E-state index contributed by atoms with van der Waals surface area (Å²) in [7, 11) is 0. The van der Waals surface area contributed by atoms with Crippen LogP contribution in [0.25, 0.3) is 0 Å². The Labute approximate surface area is 118 Å². The second kappa shape index (κ2) is 7.45. The van der Waals surface area contributed by atoms with Crippen LogP contribution in [-0.2, 0) is 11.2 Å². The van der Waals surface area contributed by atoms with Gasteiger partial charge in [-0.3, -0.25) is 4.90 Å². The van der Waals surface area contributed by atoms with Crippen molar-refractivity contribution in [2.24, 2.45) is 0 Å². The van der Waals surface area contributed by atoms with Crippen molar-refractivity contribution in [3.63, 3.8) is 0 Å². The summed E-state index contributed by atoms with van der Waals surface area (Å²) < 4.78 is 5.31. The first kappa shape index (κ1) is 15.1. The van der Waals surface area contributed by atoms with Crippen molar-refractivity contribution in [3.05, 3.63) is 33.8 Å². The van der Waals surface area contributed by atoms with Gasteiger partial charge in [-0.15, -0.1) is 12.4 Å². The predicted molar refractivity (Wildman–Crippen MR) is 74.7 cm³/mol. The van der Waals surface area contributed by atoms with Gasteiger partial charge >= 0.3 is 0 Å². The van der Waals surface area contributed by atoms with E-state index in [-0.39, 0.29) is 12.4 Å². The van der Waals surface area contributed by atoms with Crippen molar-refractivity contribution in [2.75, 3.05) is 32.8 Å². The molecular weight excluding hydrogens is 280 g/mol. The largest absolute Gasteiger partial charge is 0.379 e. The van der Waals surface area contributed by atoms with Gasteiger partial charge in [0.1, 0.15) is 0 Å². The summed E-state index contributed by atoms with van der Waals surface area (Å²) in [5.74, 6) is 0. The Balaban J connectivity index is 0.00000144. The number of morpholine rings is 1.